The van der Waals surface area contributed by atoms with Crippen LogP contribution in [0.3, 0.4) is 0 Å². The van der Waals surface area contributed by atoms with Crippen molar-refractivity contribution in [2.75, 3.05) is 19.7 Å². The summed E-state index contributed by atoms with van der Waals surface area (Å²) in [6.45, 7) is 3.91. The van der Waals surface area contributed by atoms with Crippen LogP contribution in [0, 0.1) is 0 Å². The Labute approximate surface area is 120 Å². The zero-order valence-electron chi connectivity index (χ0n) is 11.9. The molecule has 1 heterocycles. The third kappa shape index (κ3) is 5.89. The largest absolute Gasteiger partial charge is 0.494 e. The second-order valence-corrected chi connectivity index (χ2v) is 4.77. The molecule has 2 rings (SSSR count). The first-order chi connectivity index (χ1) is 9.95. The number of benzene rings is 1. The minimum absolute atomic E-state index is 0.770. The van der Waals surface area contributed by atoms with Gasteiger partial charge in [-0.25, -0.2) is 4.98 Å². The number of ether oxygens (including phenoxy) is 1. The molecule has 0 amide bonds. The molecule has 1 aromatic heterocycles. The summed E-state index contributed by atoms with van der Waals surface area (Å²) < 4.78 is 7.75. The van der Waals surface area contributed by atoms with E-state index < -0.39 is 0 Å². The summed E-state index contributed by atoms with van der Waals surface area (Å²) in [6.07, 6.45) is 9.12. The standard InChI is InChI=1S/C16H23N3O/c1-2-7-16(8-3-1)20-14-6-10-17-9-4-5-12-19-13-11-18-15-19/h1-3,7-8,11,13,15,17H,4-6,9-10,12,14H2. The van der Waals surface area contributed by atoms with Gasteiger partial charge in [0, 0.05) is 18.9 Å². The molecule has 4 nitrogen and oxygen atoms in total. The first-order valence-electron chi connectivity index (χ1n) is 7.29. The molecule has 0 saturated carbocycles. The number of hydrogen-bond acceptors (Lipinski definition) is 3. The lowest BCUT2D eigenvalue weighted by Crippen LogP contribution is -2.19. The van der Waals surface area contributed by atoms with Gasteiger partial charge >= 0.3 is 0 Å². The molecule has 1 N–H and O–H groups in total. The van der Waals surface area contributed by atoms with Crippen LogP contribution in [-0.4, -0.2) is 29.2 Å². The Kier molecular flexibility index (Phi) is 6.68. The molecule has 0 aliphatic rings. The highest BCUT2D eigenvalue weighted by Crippen LogP contribution is 2.07. The molecule has 108 valence electrons. The number of hydrogen-bond donors (Lipinski definition) is 1. The highest BCUT2D eigenvalue weighted by atomic mass is 16.5. The lowest BCUT2D eigenvalue weighted by Gasteiger charge is -2.07. The quantitative estimate of drug-likeness (QED) is 0.677. The van der Waals surface area contributed by atoms with Crippen LogP contribution in [-0.2, 0) is 6.54 Å². The van der Waals surface area contributed by atoms with Crippen LogP contribution in [0.5, 0.6) is 5.75 Å². The molecular formula is C16H23N3O. The molecule has 0 spiro atoms. The van der Waals surface area contributed by atoms with Gasteiger partial charge in [-0.3, -0.25) is 0 Å². The van der Waals surface area contributed by atoms with Gasteiger partial charge in [-0.1, -0.05) is 18.2 Å². The molecule has 0 unspecified atom stereocenters. The van der Waals surface area contributed by atoms with E-state index >= 15 is 0 Å². The first kappa shape index (κ1) is 14.6. The summed E-state index contributed by atoms with van der Waals surface area (Å²) in [7, 11) is 0. The lowest BCUT2D eigenvalue weighted by atomic mass is 10.3. The number of unbranched alkanes of at least 4 members (excludes halogenated alkanes) is 1. The molecule has 0 atom stereocenters. The normalized spacial score (nSPS) is 10.6. The molecule has 0 saturated heterocycles. The van der Waals surface area contributed by atoms with Crippen LogP contribution in [0.15, 0.2) is 49.1 Å². The van der Waals surface area contributed by atoms with E-state index in [4.69, 9.17) is 4.74 Å². The number of imidazole rings is 1. The maximum atomic E-state index is 5.63. The minimum atomic E-state index is 0.770. The van der Waals surface area contributed by atoms with E-state index in [1.807, 2.05) is 49.1 Å². The van der Waals surface area contributed by atoms with Gasteiger partial charge in [-0.05, 0) is 44.5 Å². The third-order valence-electron chi connectivity index (χ3n) is 3.09. The van der Waals surface area contributed by atoms with Crippen LogP contribution in [0.1, 0.15) is 19.3 Å². The molecular weight excluding hydrogens is 250 g/mol. The number of rotatable bonds is 10. The Bertz CT molecular complexity index is 442. The topological polar surface area (TPSA) is 39.1 Å². The van der Waals surface area contributed by atoms with Gasteiger partial charge in [-0.15, -0.1) is 0 Å². The van der Waals surface area contributed by atoms with Gasteiger partial charge in [0.1, 0.15) is 5.75 Å². The van der Waals surface area contributed by atoms with Gasteiger partial charge in [0.15, 0.2) is 0 Å². The summed E-state index contributed by atoms with van der Waals surface area (Å²) in [6, 6.07) is 9.97. The summed E-state index contributed by atoms with van der Waals surface area (Å²) in [4.78, 5) is 4.03. The van der Waals surface area contributed by atoms with Crippen molar-refractivity contribution in [2.24, 2.45) is 0 Å². The van der Waals surface area contributed by atoms with E-state index in [0.29, 0.717) is 0 Å². The van der Waals surface area contributed by atoms with E-state index in [2.05, 4.69) is 14.9 Å². The Balaban J connectivity index is 1.39. The highest BCUT2D eigenvalue weighted by molar-refractivity contribution is 5.20. The molecule has 0 aliphatic carbocycles. The van der Waals surface area contributed by atoms with Crippen molar-refractivity contribution in [2.45, 2.75) is 25.8 Å². The third-order valence-corrected chi connectivity index (χ3v) is 3.09. The predicted molar refractivity (Wildman–Crippen MR) is 80.9 cm³/mol. The van der Waals surface area contributed by atoms with Crippen LogP contribution >= 0.6 is 0 Å². The zero-order valence-corrected chi connectivity index (χ0v) is 11.9. The van der Waals surface area contributed by atoms with Gasteiger partial charge in [0.05, 0.1) is 12.9 Å². The van der Waals surface area contributed by atoms with Crippen LogP contribution in [0.2, 0.25) is 0 Å². The van der Waals surface area contributed by atoms with Crippen molar-refractivity contribution in [3.05, 3.63) is 49.1 Å². The van der Waals surface area contributed by atoms with Crippen LogP contribution < -0.4 is 10.1 Å². The molecule has 1 aromatic carbocycles. The Morgan fingerprint density at radius 3 is 2.70 bits per heavy atom. The van der Waals surface area contributed by atoms with Crippen molar-refractivity contribution in [1.82, 2.24) is 14.9 Å². The fourth-order valence-electron chi connectivity index (χ4n) is 1.99. The second kappa shape index (κ2) is 9.15. The molecule has 0 radical (unpaired) electrons. The smallest absolute Gasteiger partial charge is 0.119 e. The van der Waals surface area contributed by atoms with Crippen molar-refractivity contribution in [3.8, 4) is 5.75 Å². The Hall–Kier alpha value is -1.81. The summed E-state index contributed by atoms with van der Waals surface area (Å²) in [5.41, 5.74) is 0. The summed E-state index contributed by atoms with van der Waals surface area (Å²) in [5.74, 6) is 0.952. The van der Waals surface area contributed by atoms with E-state index in [-0.39, 0.29) is 0 Å². The average molecular weight is 273 g/mol. The molecule has 4 heteroatoms. The lowest BCUT2D eigenvalue weighted by molar-refractivity contribution is 0.308. The van der Waals surface area contributed by atoms with E-state index in [1.54, 1.807) is 0 Å². The molecule has 0 fully saturated rings. The summed E-state index contributed by atoms with van der Waals surface area (Å²) in [5, 5.41) is 3.45. The van der Waals surface area contributed by atoms with Gasteiger partial charge in [0.25, 0.3) is 0 Å². The van der Waals surface area contributed by atoms with Crippen molar-refractivity contribution >= 4 is 0 Å². The van der Waals surface area contributed by atoms with Crippen molar-refractivity contribution in [1.29, 1.82) is 0 Å². The monoisotopic (exact) mass is 273 g/mol. The SMILES string of the molecule is c1ccc(OCCCNCCCCn2ccnc2)cc1. The van der Waals surface area contributed by atoms with Crippen LogP contribution in [0.4, 0.5) is 0 Å². The molecule has 20 heavy (non-hydrogen) atoms. The summed E-state index contributed by atoms with van der Waals surface area (Å²) >= 11 is 0. The maximum absolute atomic E-state index is 5.63. The van der Waals surface area contributed by atoms with E-state index in [0.717, 1.165) is 38.4 Å². The number of para-hydroxylation sites is 1. The van der Waals surface area contributed by atoms with E-state index in [1.165, 1.54) is 12.8 Å². The fraction of sp³-hybridized carbons (Fsp3) is 0.438. The maximum Gasteiger partial charge on any atom is 0.119 e. The van der Waals surface area contributed by atoms with Gasteiger partial charge in [0.2, 0.25) is 0 Å². The zero-order chi connectivity index (χ0) is 13.9. The Morgan fingerprint density at radius 2 is 1.90 bits per heavy atom. The molecule has 0 bridgehead atoms. The highest BCUT2D eigenvalue weighted by Gasteiger charge is 1.93. The Morgan fingerprint density at radius 1 is 1.05 bits per heavy atom. The predicted octanol–water partition coefficient (Wildman–Crippen LogP) is 2.72. The number of nitrogens with one attached hydrogen (secondary N) is 1. The van der Waals surface area contributed by atoms with Crippen molar-refractivity contribution in [3.63, 3.8) is 0 Å². The minimum Gasteiger partial charge on any atom is -0.494 e. The van der Waals surface area contributed by atoms with Crippen LogP contribution in [0.25, 0.3) is 0 Å². The first-order valence-corrected chi connectivity index (χ1v) is 7.29. The average Bonchev–Trinajstić information content (AvgIpc) is 3.00. The number of nitrogens with zero attached hydrogens (tertiary/aromatic N) is 2. The number of aryl methyl sites for hydroxylation is 1. The fourth-order valence-corrected chi connectivity index (χ4v) is 1.99. The second-order valence-electron chi connectivity index (χ2n) is 4.77. The molecule has 2 aromatic rings. The molecule has 0 aliphatic heterocycles. The van der Waals surface area contributed by atoms with Gasteiger partial charge < -0.3 is 14.6 Å². The van der Waals surface area contributed by atoms with Gasteiger partial charge in [-0.2, -0.15) is 0 Å². The van der Waals surface area contributed by atoms with Crippen molar-refractivity contribution < 1.29 is 4.74 Å². The van der Waals surface area contributed by atoms with E-state index in [9.17, 15) is 0 Å². The number of aromatic nitrogens is 2.